The van der Waals surface area contributed by atoms with Gasteiger partial charge in [0.15, 0.2) is 0 Å². The van der Waals surface area contributed by atoms with Crippen molar-refractivity contribution in [2.75, 3.05) is 5.32 Å². The molecular formula is C14H16N2O3. The fraction of sp³-hybridized carbons (Fsp3) is 0.286. The number of hydrogen-bond acceptors (Lipinski definition) is 3. The second-order valence-corrected chi connectivity index (χ2v) is 4.76. The van der Waals surface area contributed by atoms with Gasteiger partial charge in [-0.3, -0.25) is 4.79 Å². The van der Waals surface area contributed by atoms with E-state index in [0.717, 1.165) is 12.5 Å². The van der Waals surface area contributed by atoms with E-state index in [1.54, 1.807) is 24.3 Å². The van der Waals surface area contributed by atoms with Crippen LogP contribution in [0.25, 0.3) is 6.08 Å². The van der Waals surface area contributed by atoms with E-state index >= 15 is 0 Å². The van der Waals surface area contributed by atoms with Gasteiger partial charge in [0.05, 0.1) is 5.54 Å². The third-order valence-electron chi connectivity index (χ3n) is 3.26. The second kappa shape index (κ2) is 5.24. The van der Waals surface area contributed by atoms with Crippen LogP contribution in [0.15, 0.2) is 30.3 Å². The molecule has 2 rings (SSSR count). The summed E-state index contributed by atoms with van der Waals surface area (Å²) in [7, 11) is 0. The summed E-state index contributed by atoms with van der Waals surface area (Å²) in [5.41, 5.74) is 6.51. The molecule has 1 aromatic carbocycles. The Hall–Kier alpha value is -2.14. The quantitative estimate of drug-likeness (QED) is 0.717. The molecule has 100 valence electrons. The number of carbonyl (C=O) groups excluding carboxylic acids is 1. The molecule has 1 saturated carbocycles. The van der Waals surface area contributed by atoms with Crippen molar-refractivity contribution >= 4 is 23.6 Å². The van der Waals surface area contributed by atoms with Crippen LogP contribution < -0.4 is 11.1 Å². The predicted molar refractivity (Wildman–Crippen MR) is 72.5 cm³/mol. The smallest absolute Gasteiger partial charge is 0.328 e. The maximum absolute atomic E-state index is 11.9. The first-order valence-corrected chi connectivity index (χ1v) is 6.11. The minimum atomic E-state index is -1.01. The molecule has 0 aliphatic heterocycles. The normalized spacial score (nSPS) is 16.9. The van der Waals surface area contributed by atoms with Crippen LogP contribution in [0.1, 0.15) is 24.8 Å². The van der Waals surface area contributed by atoms with Gasteiger partial charge in [-0.25, -0.2) is 4.79 Å². The van der Waals surface area contributed by atoms with Gasteiger partial charge in [-0.05, 0) is 43.0 Å². The number of carboxylic acids is 1. The number of carbonyl (C=O) groups is 2. The fourth-order valence-electron chi connectivity index (χ4n) is 1.93. The Morgan fingerprint density at radius 1 is 1.37 bits per heavy atom. The van der Waals surface area contributed by atoms with Gasteiger partial charge in [0.25, 0.3) is 0 Å². The van der Waals surface area contributed by atoms with Crippen molar-refractivity contribution in [3.05, 3.63) is 35.9 Å². The van der Waals surface area contributed by atoms with E-state index in [-0.39, 0.29) is 5.91 Å². The summed E-state index contributed by atoms with van der Waals surface area (Å²) in [5, 5.41) is 11.3. The van der Waals surface area contributed by atoms with Crippen molar-refractivity contribution in [1.82, 2.24) is 0 Å². The molecule has 1 aliphatic rings. The number of rotatable bonds is 4. The molecule has 4 N–H and O–H groups in total. The molecule has 1 aliphatic carbocycles. The summed E-state index contributed by atoms with van der Waals surface area (Å²) in [6.45, 7) is 0. The van der Waals surface area contributed by atoms with Crippen LogP contribution in [-0.4, -0.2) is 22.5 Å². The fourth-order valence-corrected chi connectivity index (χ4v) is 1.93. The van der Waals surface area contributed by atoms with Crippen LogP contribution in [0.4, 0.5) is 5.69 Å². The van der Waals surface area contributed by atoms with Gasteiger partial charge in [0.2, 0.25) is 5.91 Å². The first kappa shape index (κ1) is 13.3. The third kappa shape index (κ3) is 3.20. The van der Waals surface area contributed by atoms with E-state index < -0.39 is 11.5 Å². The highest BCUT2D eigenvalue weighted by molar-refractivity contribution is 5.98. The average molecular weight is 260 g/mol. The molecule has 0 heterocycles. The van der Waals surface area contributed by atoms with Crippen molar-refractivity contribution in [3.8, 4) is 0 Å². The Balaban J connectivity index is 2.06. The van der Waals surface area contributed by atoms with Gasteiger partial charge in [0, 0.05) is 11.8 Å². The van der Waals surface area contributed by atoms with Crippen LogP contribution in [0.5, 0.6) is 0 Å². The van der Waals surface area contributed by atoms with Gasteiger partial charge < -0.3 is 16.2 Å². The van der Waals surface area contributed by atoms with Crippen molar-refractivity contribution < 1.29 is 14.7 Å². The third-order valence-corrected chi connectivity index (χ3v) is 3.26. The molecule has 5 nitrogen and oxygen atoms in total. The predicted octanol–water partition coefficient (Wildman–Crippen LogP) is 1.60. The minimum absolute atomic E-state index is 0.182. The Kier molecular flexibility index (Phi) is 3.66. The molecule has 1 fully saturated rings. The maximum Gasteiger partial charge on any atom is 0.328 e. The Bertz CT molecular complexity index is 533. The van der Waals surface area contributed by atoms with Crippen molar-refractivity contribution in [2.24, 2.45) is 5.73 Å². The lowest BCUT2D eigenvalue weighted by Gasteiger charge is -2.36. The van der Waals surface area contributed by atoms with Gasteiger partial charge in [-0.2, -0.15) is 0 Å². The molecule has 0 aromatic heterocycles. The highest BCUT2D eigenvalue weighted by atomic mass is 16.4. The molecule has 1 aromatic rings. The lowest BCUT2D eigenvalue weighted by molar-refractivity contribution is -0.131. The highest BCUT2D eigenvalue weighted by Crippen LogP contribution is 2.30. The van der Waals surface area contributed by atoms with Gasteiger partial charge in [0.1, 0.15) is 0 Å². The van der Waals surface area contributed by atoms with Crippen LogP contribution in [-0.2, 0) is 9.59 Å². The van der Waals surface area contributed by atoms with E-state index in [1.165, 1.54) is 6.08 Å². The number of nitrogens with two attached hydrogens (primary N) is 1. The average Bonchev–Trinajstić information content (AvgIpc) is 2.34. The van der Waals surface area contributed by atoms with E-state index in [1.807, 2.05) is 0 Å². The number of anilines is 1. The minimum Gasteiger partial charge on any atom is -0.478 e. The Morgan fingerprint density at radius 2 is 2.11 bits per heavy atom. The number of aliphatic carboxylic acids is 1. The van der Waals surface area contributed by atoms with Gasteiger partial charge >= 0.3 is 5.97 Å². The largest absolute Gasteiger partial charge is 0.478 e. The number of amides is 1. The Labute approximate surface area is 111 Å². The number of carboxylic acid groups (broad SMARTS) is 1. The molecule has 0 unspecified atom stereocenters. The molecule has 5 heteroatoms. The summed E-state index contributed by atoms with van der Waals surface area (Å²) in [5.74, 6) is -1.19. The van der Waals surface area contributed by atoms with Crippen LogP contribution >= 0.6 is 0 Å². The van der Waals surface area contributed by atoms with E-state index in [0.29, 0.717) is 24.1 Å². The number of benzene rings is 1. The first-order valence-electron chi connectivity index (χ1n) is 6.11. The lowest BCUT2D eigenvalue weighted by Crippen LogP contribution is -2.56. The van der Waals surface area contributed by atoms with E-state index in [9.17, 15) is 9.59 Å². The summed E-state index contributed by atoms with van der Waals surface area (Å²) in [6.07, 6.45) is 4.91. The molecule has 0 atom stereocenters. The van der Waals surface area contributed by atoms with Gasteiger partial charge in [-0.1, -0.05) is 12.1 Å². The highest BCUT2D eigenvalue weighted by Gasteiger charge is 2.40. The van der Waals surface area contributed by atoms with Crippen molar-refractivity contribution in [3.63, 3.8) is 0 Å². The standard InChI is InChI=1S/C14H16N2O3/c15-14(7-2-8-14)13(19)16-11-4-1-3-10(9-11)5-6-12(17)18/h1,3-6,9H,2,7-8,15H2,(H,16,19)(H,17,18)/b6-5+. The summed E-state index contributed by atoms with van der Waals surface area (Å²) in [4.78, 5) is 22.4. The van der Waals surface area contributed by atoms with Crippen molar-refractivity contribution in [2.45, 2.75) is 24.8 Å². The zero-order valence-corrected chi connectivity index (χ0v) is 10.4. The summed E-state index contributed by atoms with van der Waals surface area (Å²) >= 11 is 0. The lowest BCUT2D eigenvalue weighted by atomic mass is 9.77. The Morgan fingerprint density at radius 3 is 2.68 bits per heavy atom. The monoisotopic (exact) mass is 260 g/mol. The molecule has 1 amide bonds. The number of nitrogens with one attached hydrogen (secondary N) is 1. The summed E-state index contributed by atoms with van der Waals surface area (Å²) < 4.78 is 0. The first-order chi connectivity index (χ1) is 8.99. The zero-order valence-electron chi connectivity index (χ0n) is 10.4. The molecule has 19 heavy (non-hydrogen) atoms. The molecule has 0 saturated heterocycles. The molecular weight excluding hydrogens is 244 g/mol. The molecule has 0 bridgehead atoms. The van der Waals surface area contributed by atoms with Crippen LogP contribution in [0.2, 0.25) is 0 Å². The molecule has 0 spiro atoms. The SMILES string of the molecule is NC1(C(=O)Nc2cccc(/C=C/C(=O)O)c2)CCC1. The molecule has 0 radical (unpaired) electrons. The second-order valence-electron chi connectivity index (χ2n) is 4.76. The number of hydrogen-bond donors (Lipinski definition) is 3. The van der Waals surface area contributed by atoms with Crippen LogP contribution in [0.3, 0.4) is 0 Å². The summed E-state index contributed by atoms with van der Waals surface area (Å²) in [6, 6.07) is 6.97. The van der Waals surface area contributed by atoms with Crippen molar-refractivity contribution in [1.29, 1.82) is 0 Å². The maximum atomic E-state index is 11.9. The zero-order chi connectivity index (χ0) is 13.9. The van der Waals surface area contributed by atoms with E-state index in [2.05, 4.69) is 5.32 Å². The van der Waals surface area contributed by atoms with Gasteiger partial charge in [-0.15, -0.1) is 0 Å². The topological polar surface area (TPSA) is 92.4 Å². The van der Waals surface area contributed by atoms with E-state index in [4.69, 9.17) is 10.8 Å². The van der Waals surface area contributed by atoms with Crippen LogP contribution in [0, 0.1) is 0 Å².